The maximum atomic E-state index is 13.0. The molecule has 1 atom stereocenters. The molecule has 26 heavy (non-hydrogen) atoms. The van der Waals surface area contributed by atoms with E-state index in [9.17, 15) is 4.79 Å². The number of aryl methyl sites for hydroxylation is 1. The number of aromatic nitrogens is 3. The maximum Gasteiger partial charge on any atom is 0.253 e. The van der Waals surface area contributed by atoms with Crippen molar-refractivity contribution in [3.8, 4) is 0 Å². The number of carbonyl (C=O) groups is 1. The Balaban J connectivity index is 1.52. The molecule has 3 aromatic rings. The van der Waals surface area contributed by atoms with Crippen LogP contribution in [0.3, 0.4) is 0 Å². The van der Waals surface area contributed by atoms with Crippen LogP contribution < -0.4 is 4.90 Å². The second-order valence-corrected chi connectivity index (χ2v) is 6.91. The molecule has 2 heterocycles. The van der Waals surface area contributed by atoms with Gasteiger partial charge < -0.3 is 9.80 Å². The van der Waals surface area contributed by atoms with Crippen LogP contribution in [0, 0.1) is 0 Å². The normalized spacial score (nSPS) is 17.5. The van der Waals surface area contributed by atoms with E-state index in [2.05, 4.69) is 39.5 Å². The number of para-hydroxylation sites is 1. The number of amides is 1. The average molecular weight is 349 g/mol. The minimum atomic E-state index is 0.0393. The Morgan fingerprint density at radius 3 is 2.81 bits per heavy atom. The van der Waals surface area contributed by atoms with Gasteiger partial charge in [0.15, 0.2) is 0 Å². The van der Waals surface area contributed by atoms with E-state index in [0.717, 1.165) is 37.0 Å². The summed E-state index contributed by atoms with van der Waals surface area (Å²) >= 11 is 0. The summed E-state index contributed by atoms with van der Waals surface area (Å²) in [4.78, 5) is 17.2. The molecule has 1 aromatic heterocycles. The fraction of sp³-hybridized carbons (Fsp3) is 0.350. The highest BCUT2D eigenvalue weighted by Gasteiger charge is 2.27. The molecule has 0 spiro atoms. The first-order valence-corrected chi connectivity index (χ1v) is 9.00. The summed E-state index contributed by atoms with van der Waals surface area (Å²) in [5.41, 5.74) is 3.56. The lowest BCUT2D eigenvalue weighted by Gasteiger charge is -2.38. The van der Waals surface area contributed by atoms with Crippen LogP contribution in [0.15, 0.2) is 48.5 Å². The molecule has 1 saturated heterocycles. The fourth-order valence-corrected chi connectivity index (χ4v) is 3.69. The van der Waals surface area contributed by atoms with E-state index in [1.807, 2.05) is 43.3 Å². The third-order valence-electron chi connectivity index (χ3n) is 5.24. The monoisotopic (exact) mass is 349 g/mol. The van der Waals surface area contributed by atoms with Gasteiger partial charge in [-0.1, -0.05) is 23.4 Å². The summed E-state index contributed by atoms with van der Waals surface area (Å²) in [6.07, 6.45) is 2.11. The molecule has 134 valence electrons. The van der Waals surface area contributed by atoms with E-state index in [0.29, 0.717) is 5.56 Å². The number of hydrogen-bond acceptors (Lipinski definition) is 4. The van der Waals surface area contributed by atoms with E-state index in [1.165, 1.54) is 5.69 Å². The number of nitrogens with zero attached hydrogens (tertiary/aromatic N) is 5. The van der Waals surface area contributed by atoms with Gasteiger partial charge in [-0.3, -0.25) is 4.79 Å². The minimum Gasteiger partial charge on any atom is -0.369 e. The first-order chi connectivity index (χ1) is 12.6. The Hall–Kier alpha value is -2.89. The van der Waals surface area contributed by atoms with Crippen molar-refractivity contribution in [3.05, 3.63) is 54.1 Å². The fourth-order valence-electron chi connectivity index (χ4n) is 3.69. The SMILES string of the molecule is CN(C(=O)c1ccc2c(c1)nnn2C)C1CCCN(c2ccccc2)C1. The molecule has 1 amide bonds. The Morgan fingerprint density at radius 1 is 1.19 bits per heavy atom. The number of anilines is 1. The van der Waals surface area contributed by atoms with Crippen molar-refractivity contribution in [2.75, 3.05) is 25.0 Å². The molecular formula is C20H23N5O. The Bertz CT molecular complexity index is 920. The molecule has 6 heteroatoms. The molecule has 2 aromatic carbocycles. The maximum absolute atomic E-state index is 13.0. The quantitative estimate of drug-likeness (QED) is 0.730. The third-order valence-corrected chi connectivity index (χ3v) is 5.24. The Kier molecular flexibility index (Phi) is 4.32. The van der Waals surface area contributed by atoms with Crippen LogP contribution in [-0.2, 0) is 7.05 Å². The van der Waals surface area contributed by atoms with Gasteiger partial charge >= 0.3 is 0 Å². The Labute approximate surface area is 153 Å². The summed E-state index contributed by atoms with van der Waals surface area (Å²) < 4.78 is 1.71. The Morgan fingerprint density at radius 2 is 2.00 bits per heavy atom. The zero-order chi connectivity index (χ0) is 18.1. The van der Waals surface area contributed by atoms with Crippen molar-refractivity contribution in [1.82, 2.24) is 19.9 Å². The predicted molar refractivity (Wildman–Crippen MR) is 102 cm³/mol. The molecule has 0 aliphatic carbocycles. The number of carbonyl (C=O) groups excluding carboxylic acids is 1. The lowest BCUT2D eigenvalue weighted by atomic mass is 10.0. The van der Waals surface area contributed by atoms with Crippen LogP contribution in [0.1, 0.15) is 23.2 Å². The van der Waals surface area contributed by atoms with Gasteiger partial charge in [-0.25, -0.2) is 4.68 Å². The van der Waals surface area contributed by atoms with Crippen molar-refractivity contribution in [1.29, 1.82) is 0 Å². The van der Waals surface area contributed by atoms with E-state index < -0.39 is 0 Å². The molecule has 1 fully saturated rings. The van der Waals surface area contributed by atoms with Crippen molar-refractivity contribution < 1.29 is 4.79 Å². The number of rotatable bonds is 3. The molecule has 0 N–H and O–H groups in total. The minimum absolute atomic E-state index is 0.0393. The molecule has 1 aliphatic heterocycles. The first kappa shape index (κ1) is 16.6. The third kappa shape index (κ3) is 3.03. The van der Waals surface area contributed by atoms with Crippen molar-refractivity contribution >= 4 is 22.6 Å². The van der Waals surface area contributed by atoms with Gasteiger partial charge in [0.25, 0.3) is 5.91 Å². The molecule has 0 radical (unpaired) electrons. The van der Waals surface area contributed by atoms with Crippen LogP contribution >= 0.6 is 0 Å². The van der Waals surface area contributed by atoms with Gasteiger partial charge in [0.2, 0.25) is 0 Å². The molecule has 4 rings (SSSR count). The van der Waals surface area contributed by atoms with Gasteiger partial charge in [-0.05, 0) is 43.2 Å². The van der Waals surface area contributed by atoms with E-state index in [1.54, 1.807) is 4.68 Å². The molecule has 1 unspecified atom stereocenters. The van der Waals surface area contributed by atoms with Gasteiger partial charge in [0.1, 0.15) is 5.52 Å². The number of benzene rings is 2. The smallest absolute Gasteiger partial charge is 0.253 e. The van der Waals surface area contributed by atoms with E-state index in [-0.39, 0.29) is 11.9 Å². The largest absolute Gasteiger partial charge is 0.369 e. The van der Waals surface area contributed by atoms with Crippen molar-refractivity contribution in [2.24, 2.45) is 7.05 Å². The summed E-state index contributed by atoms with van der Waals surface area (Å²) in [6, 6.07) is 16.2. The highest BCUT2D eigenvalue weighted by Crippen LogP contribution is 2.23. The van der Waals surface area contributed by atoms with Gasteiger partial charge in [-0.2, -0.15) is 0 Å². The lowest BCUT2D eigenvalue weighted by molar-refractivity contribution is 0.0717. The summed E-state index contributed by atoms with van der Waals surface area (Å²) in [6.45, 7) is 1.90. The molecule has 0 bridgehead atoms. The zero-order valence-corrected chi connectivity index (χ0v) is 15.2. The van der Waals surface area contributed by atoms with E-state index >= 15 is 0 Å². The standard InChI is InChI=1S/C20H23N5O/c1-23(17-9-6-12-25(14-17)16-7-4-3-5-8-16)20(26)15-10-11-19-18(13-15)21-22-24(19)2/h3-5,7-8,10-11,13,17H,6,9,12,14H2,1-2H3. The molecule has 6 nitrogen and oxygen atoms in total. The van der Waals surface area contributed by atoms with Gasteiger partial charge in [-0.15, -0.1) is 5.10 Å². The predicted octanol–water partition coefficient (Wildman–Crippen LogP) is 2.71. The molecule has 1 aliphatic rings. The summed E-state index contributed by atoms with van der Waals surface area (Å²) in [5.74, 6) is 0.0393. The zero-order valence-electron chi connectivity index (χ0n) is 15.2. The average Bonchev–Trinajstić information content (AvgIpc) is 3.08. The first-order valence-electron chi connectivity index (χ1n) is 9.00. The number of likely N-dealkylation sites (N-methyl/N-ethyl adjacent to an activating group) is 1. The molecule has 0 saturated carbocycles. The second-order valence-electron chi connectivity index (χ2n) is 6.91. The lowest BCUT2D eigenvalue weighted by Crippen LogP contribution is -2.48. The van der Waals surface area contributed by atoms with Gasteiger partial charge in [0.05, 0.1) is 5.52 Å². The van der Waals surface area contributed by atoms with E-state index in [4.69, 9.17) is 0 Å². The second kappa shape index (κ2) is 6.78. The highest BCUT2D eigenvalue weighted by molar-refractivity contribution is 5.97. The van der Waals surface area contributed by atoms with Crippen LogP contribution in [0.2, 0.25) is 0 Å². The van der Waals surface area contributed by atoms with Crippen LogP contribution in [0.5, 0.6) is 0 Å². The summed E-state index contributed by atoms with van der Waals surface area (Å²) in [7, 11) is 3.76. The highest BCUT2D eigenvalue weighted by atomic mass is 16.2. The topological polar surface area (TPSA) is 54.3 Å². The summed E-state index contributed by atoms with van der Waals surface area (Å²) in [5, 5.41) is 8.13. The van der Waals surface area contributed by atoms with Crippen molar-refractivity contribution in [2.45, 2.75) is 18.9 Å². The van der Waals surface area contributed by atoms with Crippen LogP contribution in [-0.4, -0.2) is 52.0 Å². The molecular weight excluding hydrogens is 326 g/mol. The van der Waals surface area contributed by atoms with Gasteiger partial charge in [0, 0.05) is 44.5 Å². The van der Waals surface area contributed by atoms with Crippen LogP contribution in [0.4, 0.5) is 5.69 Å². The van der Waals surface area contributed by atoms with Crippen LogP contribution in [0.25, 0.3) is 11.0 Å². The number of piperidine rings is 1. The number of hydrogen-bond donors (Lipinski definition) is 0. The number of fused-ring (bicyclic) bond motifs is 1. The van der Waals surface area contributed by atoms with Crippen molar-refractivity contribution in [3.63, 3.8) is 0 Å².